The van der Waals surface area contributed by atoms with Crippen molar-refractivity contribution in [3.8, 4) is 0 Å². The lowest BCUT2D eigenvalue weighted by molar-refractivity contribution is 0.102. The van der Waals surface area contributed by atoms with Crippen molar-refractivity contribution in [1.82, 2.24) is 14.9 Å². The fourth-order valence-corrected chi connectivity index (χ4v) is 2.29. The number of rotatable bonds is 2. The Morgan fingerprint density at radius 3 is 3.20 bits per heavy atom. The lowest BCUT2D eigenvalue weighted by Gasteiger charge is -2.17. The van der Waals surface area contributed by atoms with Gasteiger partial charge in [-0.2, -0.15) is 0 Å². The molecule has 20 heavy (non-hydrogen) atoms. The van der Waals surface area contributed by atoms with Crippen molar-refractivity contribution < 1.29 is 9.18 Å². The minimum atomic E-state index is -0.528. The quantitative estimate of drug-likeness (QED) is 0.876. The molecule has 1 aromatic carbocycles. The Hall–Kier alpha value is -2.21. The number of carbonyl (C=O) groups is 1. The summed E-state index contributed by atoms with van der Waals surface area (Å²) in [7, 11) is 0. The van der Waals surface area contributed by atoms with E-state index in [1.54, 1.807) is 12.3 Å². The maximum absolute atomic E-state index is 13.7. The molecule has 104 valence electrons. The van der Waals surface area contributed by atoms with E-state index in [2.05, 4.69) is 15.6 Å². The van der Waals surface area contributed by atoms with Crippen molar-refractivity contribution in [3.63, 3.8) is 0 Å². The van der Waals surface area contributed by atoms with Crippen molar-refractivity contribution in [1.29, 1.82) is 0 Å². The number of hydrogen-bond donors (Lipinski definition) is 2. The molecule has 0 spiro atoms. The number of hydrogen-bond acceptors (Lipinski definition) is 3. The highest BCUT2D eigenvalue weighted by molar-refractivity contribution is 6.03. The molecule has 0 aliphatic carbocycles. The molecule has 0 atom stereocenters. The maximum Gasteiger partial charge on any atom is 0.260 e. The van der Waals surface area contributed by atoms with Gasteiger partial charge in [0, 0.05) is 19.6 Å². The number of carbonyl (C=O) groups excluding carboxylic acids is 1. The largest absolute Gasteiger partial charge is 0.312 e. The molecule has 1 aliphatic rings. The number of nitrogens with one attached hydrogen (secondary N) is 2. The molecule has 0 radical (unpaired) electrons. The molecule has 0 saturated heterocycles. The third kappa shape index (κ3) is 2.30. The number of anilines is 1. The Bertz CT molecular complexity index is 665. The molecule has 1 aromatic heterocycles. The van der Waals surface area contributed by atoms with Gasteiger partial charge in [0.1, 0.15) is 5.82 Å². The van der Waals surface area contributed by atoms with Gasteiger partial charge in [0.25, 0.3) is 5.91 Å². The van der Waals surface area contributed by atoms with E-state index in [0.717, 1.165) is 30.9 Å². The molecule has 6 heteroatoms. The number of amides is 1. The minimum Gasteiger partial charge on any atom is -0.312 e. The molecule has 3 rings (SSSR count). The smallest absolute Gasteiger partial charge is 0.260 e. The Kier molecular flexibility index (Phi) is 3.23. The van der Waals surface area contributed by atoms with Crippen molar-refractivity contribution in [2.45, 2.75) is 20.0 Å². The van der Waals surface area contributed by atoms with Gasteiger partial charge in [-0.3, -0.25) is 10.1 Å². The third-order valence-corrected chi connectivity index (χ3v) is 3.35. The lowest BCUT2D eigenvalue weighted by atomic mass is 10.1. The molecule has 0 bridgehead atoms. The fraction of sp³-hybridized carbons (Fsp3) is 0.286. The first-order valence-corrected chi connectivity index (χ1v) is 6.48. The van der Waals surface area contributed by atoms with Gasteiger partial charge in [0.05, 0.1) is 17.5 Å². The van der Waals surface area contributed by atoms with Crippen LogP contribution in [0.4, 0.5) is 10.3 Å². The van der Waals surface area contributed by atoms with Crippen LogP contribution >= 0.6 is 0 Å². The summed E-state index contributed by atoms with van der Waals surface area (Å²) in [4.78, 5) is 16.3. The second-order valence-corrected chi connectivity index (χ2v) is 4.84. The monoisotopic (exact) mass is 274 g/mol. The van der Waals surface area contributed by atoms with Crippen molar-refractivity contribution in [2.24, 2.45) is 0 Å². The summed E-state index contributed by atoms with van der Waals surface area (Å²) in [6.07, 6.45) is 1.72. The van der Waals surface area contributed by atoms with E-state index in [4.69, 9.17) is 0 Å². The molecule has 0 saturated carbocycles. The molecular weight excluding hydrogens is 259 g/mol. The number of fused-ring (bicyclic) bond motifs is 1. The average Bonchev–Trinajstić information content (AvgIpc) is 2.85. The first kappa shape index (κ1) is 12.8. The Labute approximate surface area is 115 Å². The summed E-state index contributed by atoms with van der Waals surface area (Å²) in [5, 5.41) is 5.90. The van der Waals surface area contributed by atoms with E-state index >= 15 is 0 Å². The zero-order valence-corrected chi connectivity index (χ0v) is 11.1. The highest BCUT2D eigenvalue weighted by Gasteiger charge is 2.18. The zero-order chi connectivity index (χ0) is 14.1. The Morgan fingerprint density at radius 2 is 2.35 bits per heavy atom. The number of nitrogens with zero attached hydrogens (tertiary/aromatic N) is 2. The van der Waals surface area contributed by atoms with Crippen LogP contribution in [-0.2, 0) is 13.1 Å². The highest BCUT2D eigenvalue weighted by atomic mass is 19.1. The van der Waals surface area contributed by atoms with E-state index in [0.29, 0.717) is 5.95 Å². The normalized spacial score (nSPS) is 13.9. The molecule has 1 amide bonds. The summed E-state index contributed by atoms with van der Waals surface area (Å²) < 4.78 is 15.6. The van der Waals surface area contributed by atoms with Crippen molar-refractivity contribution >= 4 is 11.9 Å². The minimum absolute atomic E-state index is 0.0382. The van der Waals surface area contributed by atoms with Gasteiger partial charge in [-0.05, 0) is 19.1 Å². The van der Waals surface area contributed by atoms with E-state index in [-0.39, 0.29) is 5.56 Å². The predicted octanol–water partition coefficient (Wildman–Crippen LogP) is 1.69. The lowest BCUT2D eigenvalue weighted by Crippen LogP contribution is -2.29. The van der Waals surface area contributed by atoms with E-state index in [1.807, 2.05) is 11.5 Å². The molecule has 2 N–H and O–H groups in total. The second-order valence-electron chi connectivity index (χ2n) is 4.84. The molecule has 2 aromatic rings. The van der Waals surface area contributed by atoms with Gasteiger partial charge in [0.15, 0.2) is 0 Å². The molecular formula is C14H15FN4O. The molecule has 0 unspecified atom stereocenters. The van der Waals surface area contributed by atoms with Gasteiger partial charge in [-0.25, -0.2) is 9.37 Å². The summed E-state index contributed by atoms with van der Waals surface area (Å²) in [6.45, 7) is 4.10. The topological polar surface area (TPSA) is 59.0 Å². The number of imidazole rings is 1. The highest BCUT2D eigenvalue weighted by Crippen LogP contribution is 2.16. The number of halogens is 1. The van der Waals surface area contributed by atoms with Crippen molar-refractivity contribution in [2.75, 3.05) is 11.9 Å². The van der Waals surface area contributed by atoms with E-state index in [1.165, 1.54) is 12.1 Å². The fourth-order valence-electron chi connectivity index (χ4n) is 2.29. The van der Waals surface area contributed by atoms with Gasteiger partial charge in [-0.1, -0.05) is 11.6 Å². The summed E-state index contributed by atoms with van der Waals surface area (Å²) in [6, 6.07) is 4.47. The Balaban J connectivity index is 1.86. The van der Waals surface area contributed by atoms with Crippen molar-refractivity contribution in [3.05, 3.63) is 47.0 Å². The van der Waals surface area contributed by atoms with Crippen LogP contribution < -0.4 is 10.6 Å². The SMILES string of the molecule is Cc1ccc(F)c(C(=O)Nc2ncc3n2CCNC3)c1. The summed E-state index contributed by atoms with van der Waals surface area (Å²) in [5.41, 5.74) is 1.89. The van der Waals surface area contributed by atoms with Crippen LogP contribution in [0, 0.1) is 12.7 Å². The molecule has 5 nitrogen and oxygen atoms in total. The van der Waals surface area contributed by atoms with Crippen LogP contribution in [0.3, 0.4) is 0 Å². The average molecular weight is 274 g/mol. The van der Waals surface area contributed by atoms with Crippen LogP contribution in [0.15, 0.2) is 24.4 Å². The van der Waals surface area contributed by atoms with Gasteiger partial charge >= 0.3 is 0 Å². The van der Waals surface area contributed by atoms with E-state index < -0.39 is 11.7 Å². The standard InChI is InChI=1S/C14H15FN4O/c1-9-2-3-12(15)11(6-9)13(20)18-14-17-8-10-7-16-4-5-19(10)14/h2-3,6,8,16H,4-5,7H2,1H3,(H,17,18,20). The third-order valence-electron chi connectivity index (χ3n) is 3.35. The number of aromatic nitrogens is 2. The predicted molar refractivity (Wildman–Crippen MR) is 73.0 cm³/mol. The Morgan fingerprint density at radius 1 is 1.50 bits per heavy atom. The van der Waals surface area contributed by atoms with Crippen LogP contribution in [0.2, 0.25) is 0 Å². The molecule has 0 fully saturated rings. The van der Waals surface area contributed by atoms with Gasteiger partial charge in [-0.15, -0.1) is 0 Å². The van der Waals surface area contributed by atoms with Crippen LogP contribution in [0.5, 0.6) is 0 Å². The van der Waals surface area contributed by atoms with E-state index in [9.17, 15) is 9.18 Å². The second kappa shape index (κ2) is 5.05. The van der Waals surface area contributed by atoms with Gasteiger partial charge in [0.2, 0.25) is 5.95 Å². The number of aryl methyl sites for hydroxylation is 1. The summed E-state index contributed by atoms with van der Waals surface area (Å²) >= 11 is 0. The van der Waals surface area contributed by atoms with Crippen LogP contribution in [0.25, 0.3) is 0 Å². The number of benzene rings is 1. The molecule has 2 heterocycles. The van der Waals surface area contributed by atoms with Gasteiger partial charge < -0.3 is 9.88 Å². The molecule has 1 aliphatic heterocycles. The first-order valence-electron chi connectivity index (χ1n) is 6.48. The van der Waals surface area contributed by atoms with Crippen LogP contribution in [-0.4, -0.2) is 22.0 Å². The zero-order valence-electron chi connectivity index (χ0n) is 11.1. The first-order chi connectivity index (χ1) is 9.65. The maximum atomic E-state index is 13.7. The van der Waals surface area contributed by atoms with Crippen LogP contribution in [0.1, 0.15) is 21.6 Å². The summed E-state index contributed by atoms with van der Waals surface area (Å²) in [5.74, 6) is -0.536.